The molecule has 3 saturated heterocycles. The van der Waals surface area contributed by atoms with Gasteiger partial charge in [0.15, 0.2) is 0 Å². The van der Waals surface area contributed by atoms with E-state index in [1.165, 1.54) is 30.4 Å². The molecule has 8 rings (SSSR count). The van der Waals surface area contributed by atoms with Crippen molar-refractivity contribution >= 4 is 52.6 Å². The van der Waals surface area contributed by atoms with E-state index in [-0.39, 0.29) is 53.2 Å². The molecule has 2 aromatic carbocycles. The number of amides is 3. The molecule has 0 radical (unpaired) electrons. The normalized spacial score (nSPS) is 24.3. The number of pyridine rings is 1. The Labute approximate surface area is 354 Å². The van der Waals surface area contributed by atoms with Gasteiger partial charge < -0.3 is 24.4 Å². The van der Waals surface area contributed by atoms with Crippen LogP contribution in [-0.4, -0.2) is 81.3 Å². The number of ether oxygens (including phenoxy) is 1. The van der Waals surface area contributed by atoms with Crippen molar-refractivity contribution in [3.05, 3.63) is 95.1 Å². The molecule has 2 N–H and O–H groups in total. The Morgan fingerprint density at radius 3 is 2.52 bits per heavy atom. The van der Waals surface area contributed by atoms with E-state index in [0.29, 0.717) is 34.3 Å². The van der Waals surface area contributed by atoms with E-state index in [9.17, 15) is 23.7 Å². The van der Waals surface area contributed by atoms with Crippen molar-refractivity contribution in [1.29, 1.82) is 0 Å². The third-order valence-electron chi connectivity index (χ3n) is 12.4. The summed E-state index contributed by atoms with van der Waals surface area (Å²) in [5.41, 5.74) is 1.01. The maximum absolute atomic E-state index is 16.6. The van der Waals surface area contributed by atoms with Crippen LogP contribution >= 0.6 is 18.9 Å². The average Bonchev–Trinajstić information content (AvgIpc) is 3.53. The van der Waals surface area contributed by atoms with E-state index >= 15 is 4.39 Å². The molecule has 3 aliphatic heterocycles. The first-order valence-corrected chi connectivity index (χ1v) is 23.7. The molecule has 1 saturated carbocycles. The quantitative estimate of drug-likeness (QED) is 0.100. The van der Waals surface area contributed by atoms with Gasteiger partial charge in [-0.05, 0) is 111 Å². The molecule has 2 aromatic heterocycles. The van der Waals surface area contributed by atoms with Crippen LogP contribution < -0.4 is 14.9 Å². The molecule has 12 nitrogen and oxygen atoms in total. The van der Waals surface area contributed by atoms with E-state index in [2.05, 4.69) is 26.4 Å². The first kappa shape index (κ1) is 42.1. The first-order chi connectivity index (χ1) is 28.8. The summed E-state index contributed by atoms with van der Waals surface area (Å²) in [6.45, 7) is 5.99. The second kappa shape index (κ2) is 17.4. The van der Waals surface area contributed by atoms with E-state index in [1.807, 2.05) is 26.1 Å². The summed E-state index contributed by atoms with van der Waals surface area (Å²) in [4.78, 5) is 64.1. The van der Waals surface area contributed by atoms with Crippen LogP contribution in [-0.2, 0) is 23.7 Å². The van der Waals surface area contributed by atoms with Crippen LogP contribution in [0.4, 0.5) is 4.39 Å². The Bertz CT molecular complexity index is 2270. The predicted octanol–water partition coefficient (Wildman–Crippen LogP) is 8.29. The lowest BCUT2D eigenvalue weighted by Crippen LogP contribution is -2.57. The van der Waals surface area contributed by atoms with Crippen LogP contribution in [0, 0.1) is 5.92 Å². The van der Waals surface area contributed by atoms with Crippen LogP contribution in [0.2, 0.25) is 0 Å². The lowest BCUT2D eigenvalue weighted by Gasteiger charge is -2.37. The number of nitrogens with one attached hydrogen (secondary N) is 2. The minimum Gasteiger partial charge on any atom is -0.464 e. The zero-order valence-corrected chi connectivity index (χ0v) is 36.0. The maximum Gasteiger partial charge on any atom is 0.355 e. The van der Waals surface area contributed by atoms with Crippen LogP contribution in [0.1, 0.15) is 111 Å². The van der Waals surface area contributed by atoms with Crippen molar-refractivity contribution in [2.75, 3.05) is 13.2 Å². The number of thiophene rings is 1. The summed E-state index contributed by atoms with van der Waals surface area (Å²) < 4.78 is 42.8. The molecule has 1 spiro atoms. The number of likely N-dealkylation sites (tertiary alicyclic amines) is 1. The zero-order chi connectivity index (χ0) is 42.2. The molecule has 15 heteroatoms. The minimum absolute atomic E-state index is 0.0151. The fourth-order valence-electron chi connectivity index (χ4n) is 9.14. The summed E-state index contributed by atoms with van der Waals surface area (Å²) in [7, 11) is -4.46. The number of carbonyl (C=O) groups is 4. The molecule has 4 aromatic rings. The van der Waals surface area contributed by atoms with Crippen molar-refractivity contribution in [2.45, 2.75) is 120 Å². The number of aromatic nitrogens is 1. The van der Waals surface area contributed by atoms with Crippen molar-refractivity contribution in [1.82, 2.24) is 25.2 Å². The number of fused-ring (bicyclic) bond motifs is 2. The summed E-state index contributed by atoms with van der Waals surface area (Å²) in [6, 6.07) is 15.9. The summed E-state index contributed by atoms with van der Waals surface area (Å²) in [5, 5.41) is 6.16. The summed E-state index contributed by atoms with van der Waals surface area (Å²) >= 11 is 1.20. The van der Waals surface area contributed by atoms with Crippen molar-refractivity contribution in [2.24, 2.45) is 5.92 Å². The molecule has 4 fully saturated rings. The van der Waals surface area contributed by atoms with Gasteiger partial charge in [0.1, 0.15) is 23.9 Å². The lowest BCUT2D eigenvalue weighted by molar-refractivity contribution is -0.148. The number of rotatable bonds is 13. The third-order valence-corrected chi connectivity index (χ3v) is 15.6. The summed E-state index contributed by atoms with van der Waals surface area (Å²) in [5.74, 6) is -3.06. The largest absolute Gasteiger partial charge is 0.464 e. The van der Waals surface area contributed by atoms with Crippen molar-refractivity contribution < 1.29 is 37.4 Å². The topological polar surface area (TPSA) is 147 Å². The maximum atomic E-state index is 16.6. The van der Waals surface area contributed by atoms with Gasteiger partial charge in [0, 0.05) is 41.1 Å². The number of hydrogen-bond donors (Lipinski definition) is 2. The van der Waals surface area contributed by atoms with Crippen LogP contribution in [0.25, 0.3) is 10.1 Å². The molecule has 3 amide bonds. The van der Waals surface area contributed by atoms with Crippen LogP contribution in [0.3, 0.4) is 0 Å². The molecule has 2 unspecified atom stereocenters. The predicted molar refractivity (Wildman–Crippen MR) is 227 cm³/mol. The van der Waals surface area contributed by atoms with E-state index in [4.69, 9.17) is 9.26 Å². The monoisotopic (exact) mass is 857 g/mol. The van der Waals surface area contributed by atoms with Gasteiger partial charge in [-0.3, -0.25) is 28.7 Å². The lowest BCUT2D eigenvalue weighted by atomic mass is 9.97. The van der Waals surface area contributed by atoms with Gasteiger partial charge in [0.2, 0.25) is 17.7 Å². The highest BCUT2D eigenvalue weighted by molar-refractivity contribution is 7.57. The average molecular weight is 858 g/mol. The smallest absolute Gasteiger partial charge is 0.355 e. The number of hydrogen-bond acceptors (Lipinski definition) is 9. The molecule has 60 heavy (non-hydrogen) atoms. The minimum atomic E-state index is -4.46. The van der Waals surface area contributed by atoms with Gasteiger partial charge in [-0.25, -0.2) is 9.48 Å². The highest BCUT2D eigenvalue weighted by atomic mass is 32.1. The Hall–Kier alpha value is -4.65. The van der Waals surface area contributed by atoms with E-state index in [1.54, 1.807) is 53.6 Å². The number of nitrogens with zero attached hydrogens (tertiary/aromatic N) is 3. The molecule has 4 aliphatic rings. The number of halogens is 1. The Kier molecular flexibility index (Phi) is 12.2. The second-order valence-corrected chi connectivity index (χ2v) is 20.5. The third kappa shape index (κ3) is 8.74. The highest BCUT2D eigenvalue weighted by Gasteiger charge is 2.58. The van der Waals surface area contributed by atoms with Gasteiger partial charge >= 0.3 is 13.5 Å². The summed E-state index contributed by atoms with van der Waals surface area (Å²) in [6.07, 6.45) is 10.8. The first-order valence-electron chi connectivity index (χ1n) is 21.1. The Balaban J connectivity index is 0.977. The SMILES string of the molecule is CC(C)COC(=O)[C@H](C)NP(=O)(Oc1ccccc1)[C@@H](F)c1ccc2sc(C(=O)NC3CCCC[C@H]4CC[C@@H](C(=O)N5C[C@@H](c6cccnc6)CC56CC6)N4C3=O)cc2c1. The number of esters is 1. The van der Waals surface area contributed by atoms with Crippen molar-refractivity contribution in [3.63, 3.8) is 0 Å². The van der Waals surface area contributed by atoms with Crippen LogP contribution in [0.15, 0.2) is 79.1 Å². The zero-order valence-electron chi connectivity index (χ0n) is 34.3. The van der Waals surface area contributed by atoms with E-state index in [0.717, 1.165) is 50.5 Å². The van der Waals surface area contributed by atoms with Gasteiger partial charge in [-0.15, -0.1) is 11.3 Å². The molecule has 7 atom stereocenters. The number of alkyl halides is 1. The molecule has 318 valence electrons. The molecular weight excluding hydrogens is 805 g/mol. The van der Waals surface area contributed by atoms with Gasteiger partial charge in [0.05, 0.1) is 11.5 Å². The van der Waals surface area contributed by atoms with Gasteiger partial charge in [-0.1, -0.05) is 57.0 Å². The van der Waals surface area contributed by atoms with Gasteiger partial charge in [0.25, 0.3) is 5.91 Å². The molecule has 5 heterocycles. The fourth-order valence-corrected chi connectivity index (χ4v) is 12.0. The number of carbonyl (C=O) groups excluding carboxylic acids is 4. The molecule has 0 bridgehead atoms. The van der Waals surface area contributed by atoms with Crippen LogP contribution in [0.5, 0.6) is 5.75 Å². The number of para-hydroxylation sites is 1. The molecule has 1 aliphatic carbocycles. The standard InChI is InChI=1S/C45H53FN5O7PS/c1-28(2)27-57-44(55)29(3)49-59(56,58-35-12-5-4-6-13-35)40(46)30-15-18-38-32(22-30)23-39(60-38)41(52)48-36-14-8-7-11-34-16-17-37(51(34)42(36)53)43(54)50-26-33(24-45(50)19-20-45)31-10-9-21-47-25-31/h4-6,9-10,12-13,15,18,21-23,25,28-29,33-34,36-37,40H,7-8,11,14,16-17,19-20,24,26-27H2,1-3H3,(H,48,52)(H,49,56)/t29-,33-,34-,36?,37-,40+,59?/m0/s1. The van der Waals surface area contributed by atoms with Crippen molar-refractivity contribution in [3.8, 4) is 5.75 Å². The molecular formula is C45H53FN5O7PS. The second-order valence-electron chi connectivity index (χ2n) is 17.3. The number of benzene rings is 2. The van der Waals surface area contributed by atoms with E-state index < -0.39 is 43.4 Å². The Morgan fingerprint density at radius 1 is 1.00 bits per heavy atom. The Morgan fingerprint density at radius 2 is 1.78 bits per heavy atom. The highest BCUT2D eigenvalue weighted by Crippen LogP contribution is 2.58. The van der Waals surface area contributed by atoms with Gasteiger partial charge in [-0.2, -0.15) is 0 Å². The fraction of sp³-hybridized carbons (Fsp3) is 0.489.